The molecule has 7 nitrogen and oxygen atoms in total. The molecule has 0 saturated carbocycles. The number of benzene rings is 1. The fraction of sp³-hybridized carbons (Fsp3) is 0.308. The number of hydrogen-bond donors (Lipinski definition) is 4. The average molecular weight is 320 g/mol. The van der Waals surface area contributed by atoms with Crippen LogP contribution in [0.4, 0.5) is 0 Å². The summed E-state index contributed by atoms with van der Waals surface area (Å²) < 4.78 is 0. The Morgan fingerprint density at radius 3 is 1.95 bits per heavy atom. The van der Waals surface area contributed by atoms with Gasteiger partial charge in [-0.05, 0) is 12.0 Å². The third-order valence-electron chi connectivity index (χ3n) is 2.74. The zero-order valence-corrected chi connectivity index (χ0v) is 10.7. The topological polar surface area (TPSA) is 144 Å². The molecule has 1 rings (SSSR count). The van der Waals surface area contributed by atoms with E-state index in [4.69, 9.17) is 21.7 Å². The van der Waals surface area contributed by atoms with Gasteiger partial charge in [0.15, 0.2) is 5.78 Å². The Morgan fingerprint density at radius 1 is 1.00 bits per heavy atom. The molecule has 6 N–H and O–H groups in total. The fourth-order valence-electron chi connectivity index (χ4n) is 1.64. The molecule has 110 valence electrons. The van der Waals surface area contributed by atoms with E-state index >= 15 is 0 Å². The predicted molar refractivity (Wildman–Crippen MR) is 77.5 cm³/mol. The van der Waals surface area contributed by atoms with Crippen molar-refractivity contribution in [2.24, 2.45) is 11.5 Å². The van der Waals surface area contributed by atoms with Gasteiger partial charge in [0.1, 0.15) is 6.04 Å². The molecule has 0 unspecified atom stereocenters. The van der Waals surface area contributed by atoms with Crippen molar-refractivity contribution in [2.75, 3.05) is 0 Å². The normalized spacial score (nSPS) is 12.9. The van der Waals surface area contributed by atoms with Gasteiger partial charge in [0.05, 0.1) is 12.5 Å². The number of hydrogen-bond acceptors (Lipinski definition) is 5. The van der Waals surface area contributed by atoms with E-state index in [1.54, 1.807) is 12.1 Å². The Balaban J connectivity index is 0.00000400. The molecule has 0 aliphatic carbocycles. The van der Waals surface area contributed by atoms with E-state index in [1.807, 2.05) is 0 Å². The van der Waals surface area contributed by atoms with Gasteiger partial charge in [-0.25, -0.2) is 0 Å². The quantitative estimate of drug-likeness (QED) is 0.372. The minimum atomic E-state index is -1.14. The van der Waals surface area contributed by atoms with E-state index in [2.05, 4.69) is 0 Å². The number of nitrogens with two attached hydrogens (primary N) is 2. The Bertz CT molecular complexity index is 518. The number of aliphatic carboxylic acids is 2. The zero-order valence-electron chi connectivity index (χ0n) is 10.7. The molecule has 0 aromatic heterocycles. The molecule has 0 aliphatic rings. The van der Waals surface area contributed by atoms with E-state index in [0.29, 0.717) is 5.56 Å². The van der Waals surface area contributed by atoms with Crippen molar-refractivity contribution in [1.82, 2.24) is 0 Å². The molecule has 21 heavy (non-hydrogen) atoms. The number of carboxylic acid groups (broad SMARTS) is 2. The van der Waals surface area contributed by atoms with Crippen LogP contribution in [0.3, 0.4) is 0 Å². The maximum absolute atomic E-state index is 11.8. The van der Waals surface area contributed by atoms with Crippen LogP contribution < -0.4 is 11.5 Å². The van der Waals surface area contributed by atoms with Crippen LogP contribution in [-0.4, -0.2) is 91.4 Å². The van der Waals surface area contributed by atoms with Gasteiger partial charge < -0.3 is 21.7 Å². The second kappa shape index (κ2) is 9.41. The molecule has 1 aromatic carbocycles. The van der Waals surface area contributed by atoms with Crippen LogP contribution in [-0.2, 0) is 16.0 Å². The van der Waals surface area contributed by atoms with Crippen LogP contribution in [0.2, 0.25) is 0 Å². The number of carbonyl (C=O) groups is 3. The van der Waals surface area contributed by atoms with E-state index < -0.39 is 36.2 Å². The molecule has 0 amide bonds. The molecule has 0 saturated heterocycles. The summed E-state index contributed by atoms with van der Waals surface area (Å²) in [6, 6.07) is 4.00. The standard InChI is InChI=1S/C13H16N2O5.K.H/c14-9(6-11(16)17)12(18)8-3-1-7(2-4-8)5-10(15)13(19)20;;/h1-4,9-10H,5-6,14-15H2,(H,16,17)(H,19,20);;/t9-,10-;;/m0../s1. The zero-order chi connectivity index (χ0) is 15.3. The molecule has 0 bridgehead atoms. The van der Waals surface area contributed by atoms with Crippen molar-refractivity contribution in [3.63, 3.8) is 0 Å². The van der Waals surface area contributed by atoms with Gasteiger partial charge in [-0.1, -0.05) is 24.3 Å². The summed E-state index contributed by atoms with van der Waals surface area (Å²) in [4.78, 5) is 32.9. The van der Waals surface area contributed by atoms with Crippen LogP contribution in [0.15, 0.2) is 24.3 Å². The van der Waals surface area contributed by atoms with E-state index in [1.165, 1.54) is 12.1 Å². The van der Waals surface area contributed by atoms with Crippen molar-refractivity contribution < 1.29 is 24.6 Å². The van der Waals surface area contributed by atoms with Crippen molar-refractivity contribution in [3.05, 3.63) is 35.4 Å². The van der Waals surface area contributed by atoms with Gasteiger partial charge in [-0.2, -0.15) is 0 Å². The molecule has 2 atom stereocenters. The third kappa shape index (κ3) is 6.79. The summed E-state index contributed by atoms with van der Waals surface area (Å²) in [7, 11) is 0. The first-order chi connectivity index (χ1) is 9.31. The molecule has 1 aromatic rings. The average Bonchev–Trinajstić information content (AvgIpc) is 2.37. The number of carbonyl (C=O) groups excluding carboxylic acids is 1. The Labute approximate surface area is 164 Å². The van der Waals surface area contributed by atoms with Crippen LogP contribution in [0, 0.1) is 0 Å². The molecular weight excluding hydrogens is 303 g/mol. The fourth-order valence-corrected chi connectivity index (χ4v) is 1.64. The number of ketones is 1. The van der Waals surface area contributed by atoms with Gasteiger partial charge in [-0.3, -0.25) is 14.4 Å². The van der Waals surface area contributed by atoms with Crippen molar-refractivity contribution in [3.8, 4) is 0 Å². The molecular formula is C13H17KN2O5. The summed E-state index contributed by atoms with van der Waals surface area (Å²) in [6.45, 7) is 0. The molecule has 0 heterocycles. The molecule has 0 fully saturated rings. The van der Waals surface area contributed by atoms with E-state index in [-0.39, 0.29) is 63.4 Å². The molecule has 0 radical (unpaired) electrons. The van der Waals surface area contributed by atoms with Crippen molar-refractivity contribution in [1.29, 1.82) is 0 Å². The van der Waals surface area contributed by atoms with Crippen molar-refractivity contribution in [2.45, 2.75) is 24.9 Å². The van der Waals surface area contributed by atoms with E-state index in [0.717, 1.165) is 0 Å². The van der Waals surface area contributed by atoms with Crippen LogP contribution in [0.5, 0.6) is 0 Å². The van der Waals surface area contributed by atoms with Gasteiger partial charge in [-0.15, -0.1) is 0 Å². The van der Waals surface area contributed by atoms with Gasteiger partial charge in [0, 0.05) is 5.56 Å². The van der Waals surface area contributed by atoms with Crippen LogP contribution in [0.25, 0.3) is 0 Å². The second-order valence-corrected chi connectivity index (χ2v) is 4.41. The Kier molecular flexibility index (Phi) is 9.14. The van der Waals surface area contributed by atoms with Crippen LogP contribution >= 0.6 is 0 Å². The summed E-state index contributed by atoms with van der Waals surface area (Å²) in [6.07, 6.45) is -0.296. The minimum absolute atomic E-state index is 0. The third-order valence-corrected chi connectivity index (χ3v) is 2.74. The first kappa shape index (κ1) is 20.4. The first-order valence-corrected chi connectivity index (χ1v) is 5.90. The maximum atomic E-state index is 11.8. The van der Waals surface area contributed by atoms with Gasteiger partial charge in [0.2, 0.25) is 0 Å². The van der Waals surface area contributed by atoms with E-state index in [9.17, 15) is 14.4 Å². The van der Waals surface area contributed by atoms with Crippen LogP contribution in [0.1, 0.15) is 22.3 Å². The molecule has 0 aliphatic heterocycles. The monoisotopic (exact) mass is 320 g/mol. The van der Waals surface area contributed by atoms with Gasteiger partial charge in [0.25, 0.3) is 0 Å². The predicted octanol–water partition coefficient (Wildman–Crippen LogP) is -1.02. The first-order valence-electron chi connectivity index (χ1n) is 5.90. The Morgan fingerprint density at radius 2 is 1.52 bits per heavy atom. The summed E-state index contributed by atoms with van der Waals surface area (Å²) in [5.74, 6) is -2.72. The SMILES string of the molecule is N[C@@H](Cc1ccc(C(=O)[C@@H](N)CC(=O)O)cc1)C(=O)O.[KH]. The number of Topliss-reactive ketones (excluding diaryl/α,β-unsaturated/α-hetero) is 1. The van der Waals surface area contributed by atoms with Gasteiger partial charge >= 0.3 is 63.3 Å². The molecule has 8 heteroatoms. The number of rotatable bonds is 7. The molecule has 0 spiro atoms. The number of carboxylic acids is 2. The Hall–Kier alpha value is -0.614. The van der Waals surface area contributed by atoms with Crippen molar-refractivity contribution >= 4 is 69.1 Å². The summed E-state index contributed by atoms with van der Waals surface area (Å²) in [5, 5.41) is 17.3. The second-order valence-electron chi connectivity index (χ2n) is 4.41. The summed E-state index contributed by atoms with van der Waals surface area (Å²) in [5.41, 5.74) is 11.8. The summed E-state index contributed by atoms with van der Waals surface area (Å²) >= 11 is 0.